The third-order valence-electron chi connectivity index (χ3n) is 11.2. The summed E-state index contributed by atoms with van der Waals surface area (Å²) in [4.78, 5) is 30.9. The molecule has 2 bridgehead atoms. The van der Waals surface area contributed by atoms with E-state index in [-0.39, 0.29) is 49.0 Å². The van der Waals surface area contributed by atoms with Gasteiger partial charge in [0.2, 0.25) is 0 Å². The number of epoxide rings is 1. The number of aliphatic hydroxyl groups excluding tert-OH is 2. The SMILES string of the molecule is CCC(O)C(C)C1OC1CC(C)(O)C=CC=C(C)C1OC(=O)CC(O)CCC(C)(OC)C(OC(=O)N2C[C@H]3C[C@@H]2CN3C(C)C)C=CC1C. The van der Waals surface area contributed by atoms with Gasteiger partial charge < -0.3 is 39.2 Å². The Morgan fingerprint density at radius 1 is 1.22 bits per heavy atom. The maximum absolute atomic E-state index is 13.6. The largest absolute Gasteiger partial charge is 0.457 e. The van der Waals surface area contributed by atoms with E-state index >= 15 is 0 Å². The molecule has 0 aromatic heterocycles. The van der Waals surface area contributed by atoms with Gasteiger partial charge in [-0.15, -0.1) is 0 Å². The Morgan fingerprint density at radius 2 is 1.94 bits per heavy atom. The van der Waals surface area contributed by atoms with Gasteiger partial charge in [-0.05, 0) is 72.0 Å². The lowest BCUT2D eigenvalue weighted by Gasteiger charge is -2.39. The highest BCUT2D eigenvalue weighted by Crippen LogP contribution is 2.38. The van der Waals surface area contributed by atoms with E-state index < -0.39 is 41.6 Å². The summed E-state index contributed by atoms with van der Waals surface area (Å²) in [5, 5.41) is 32.0. The number of fused-ring (bicyclic) bond motifs is 2. The van der Waals surface area contributed by atoms with Gasteiger partial charge in [0, 0.05) is 56.6 Å². The Labute approximate surface area is 293 Å². The minimum Gasteiger partial charge on any atom is -0.457 e. The van der Waals surface area contributed by atoms with Crippen LogP contribution in [0.3, 0.4) is 0 Å². The summed E-state index contributed by atoms with van der Waals surface area (Å²) in [7, 11) is 1.57. The van der Waals surface area contributed by atoms with Crippen molar-refractivity contribution in [1.82, 2.24) is 9.80 Å². The summed E-state index contributed by atoms with van der Waals surface area (Å²) in [6, 6.07) is 0.875. The van der Waals surface area contributed by atoms with Crippen molar-refractivity contribution in [2.45, 2.75) is 160 Å². The van der Waals surface area contributed by atoms with E-state index in [0.717, 1.165) is 18.5 Å². The number of cyclic esters (lactones) is 1. The second kappa shape index (κ2) is 16.4. The molecular formula is C38H62N2O9. The van der Waals surface area contributed by atoms with Gasteiger partial charge in [0.25, 0.3) is 0 Å². The van der Waals surface area contributed by atoms with Crippen LogP contribution in [0.15, 0.2) is 36.0 Å². The molecule has 0 saturated carbocycles. The van der Waals surface area contributed by atoms with Crippen LogP contribution in [0.5, 0.6) is 0 Å². The maximum atomic E-state index is 13.6. The van der Waals surface area contributed by atoms with Gasteiger partial charge in [-0.3, -0.25) is 9.69 Å². The van der Waals surface area contributed by atoms with Crippen LogP contribution in [-0.4, -0.2) is 123 Å². The zero-order chi connectivity index (χ0) is 36.3. The van der Waals surface area contributed by atoms with E-state index in [4.69, 9.17) is 18.9 Å². The van der Waals surface area contributed by atoms with E-state index in [9.17, 15) is 24.9 Å². The number of likely N-dealkylation sites (tertiary alicyclic amines) is 2. The first-order chi connectivity index (χ1) is 23.0. The Kier molecular flexibility index (Phi) is 13.2. The highest BCUT2D eigenvalue weighted by Gasteiger charge is 2.49. The molecule has 0 aromatic carbocycles. The molecule has 0 radical (unpaired) electrons. The average molecular weight is 691 g/mol. The van der Waals surface area contributed by atoms with E-state index in [1.165, 1.54) is 0 Å². The minimum atomic E-state index is -1.14. The first-order valence-corrected chi connectivity index (χ1v) is 18.2. The fraction of sp³-hybridized carbons (Fsp3) is 0.789. The number of nitrogens with zero attached hydrogens (tertiary/aromatic N) is 2. The first-order valence-electron chi connectivity index (χ1n) is 18.2. The summed E-state index contributed by atoms with van der Waals surface area (Å²) < 4.78 is 23.9. The van der Waals surface area contributed by atoms with Gasteiger partial charge in [0.05, 0.1) is 36.4 Å². The number of rotatable bonds is 11. The lowest BCUT2D eigenvalue weighted by atomic mass is 9.88. The molecule has 4 aliphatic heterocycles. The molecule has 0 aliphatic carbocycles. The quantitative estimate of drug-likeness (QED) is 0.123. The van der Waals surface area contributed by atoms with Crippen molar-refractivity contribution in [2.75, 3.05) is 20.2 Å². The summed E-state index contributed by atoms with van der Waals surface area (Å²) in [5.41, 5.74) is -1.34. The van der Waals surface area contributed by atoms with Gasteiger partial charge in [-0.2, -0.15) is 0 Å². The number of piperazine rings is 1. The minimum absolute atomic E-state index is 0.00312. The van der Waals surface area contributed by atoms with E-state index in [0.29, 0.717) is 37.9 Å². The van der Waals surface area contributed by atoms with Crippen molar-refractivity contribution < 1.29 is 43.9 Å². The average Bonchev–Trinajstić information content (AvgIpc) is 3.46. The summed E-state index contributed by atoms with van der Waals surface area (Å²) in [6.45, 7) is 17.1. The van der Waals surface area contributed by atoms with Crippen LogP contribution < -0.4 is 0 Å². The summed E-state index contributed by atoms with van der Waals surface area (Å²) in [5.74, 6) is -0.830. The van der Waals surface area contributed by atoms with Crippen LogP contribution in [0.2, 0.25) is 0 Å². The summed E-state index contributed by atoms with van der Waals surface area (Å²) >= 11 is 0. The van der Waals surface area contributed by atoms with Crippen LogP contribution in [0.4, 0.5) is 4.79 Å². The topological polar surface area (TPSA) is 142 Å². The second-order valence-electron chi connectivity index (χ2n) is 15.7. The number of hydrogen-bond donors (Lipinski definition) is 3. The Morgan fingerprint density at radius 3 is 2.55 bits per heavy atom. The molecule has 4 heterocycles. The number of allylic oxidation sites excluding steroid dienone is 2. The fourth-order valence-corrected chi connectivity index (χ4v) is 7.74. The normalized spacial score (nSPS) is 37.0. The van der Waals surface area contributed by atoms with Crippen LogP contribution in [0.25, 0.3) is 0 Å². The van der Waals surface area contributed by atoms with Crippen LogP contribution in [0.1, 0.15) is 93.9 Å². The molecule has 3 fully saturated rings. The lowest BCUT2D eigenvalue weighted by molar-refractivity contribution is -0.151. The molecule has 11 nitrogen and oxygen atoms in total. The third-order valence-corrected chi connectivity index (χ3v) is 11.2. The number of amides is 1. The summed E-state index contributed by atoms with van der Waals surface area (Å²) in [6.07, 6.45) is 8.04. The molecular weight excluding hydrogens is 628 g/mol. The van der Waals surface area contributed by atoms with Crippen LogP contribution in [0, 0.1) is 11.8 Å². The molecule has 1 amide bonds. The lowest BCUT2D eigenvalue weighted by Crippen LogP contribution is -2.53. The number of aliphatic hydroxyl groups is 3. The highest BCUT2D eigenvalue weighted by atomic mass is 16.6. The molecule has 4 rings (SSSR count). The third kappa shape index (κ3) is 9.95. The predicted octanol–water partition coefficient (Wildman–Crippen LogP) is 4.53. The van der Waals surface area contributed by atoms with E-state index in [2.05, 4.69) is 18.7 Å². The van der Waals surface area contributed by atoms with Crippen molar-refractivity contribution in [3.05, 3.63) is 36.0 Å². The first kappa shape index (κ1) is 39.5. The molecule has 0 aromatic rings. The molecule has 10 unspecified atom stereocenters. The molecule has 11 heteroatoms. The van der Waals surface area contributed by atoms with Gasteiger partial charge in [-0.25, -0.2) is 4.79 Å². The van der Waals surface area contributed by atoms with Gasteiger partial charge in [0.1, 0.15) is 11.7 Å². The predicted molar refractivity (Wildman–Crippen MR) is 187 cm³/mol. The van der Waals surface area contributed by atoms with E-state index in [1.807, 2.05) is 57.7 Å². The number of carbonyl (C=O) groups excluding carboxylic acids is 2. The molecule has 3 N–H and O–H groups in total. The van der Waals surface area contributed by atoms with Gasteiger partial charge in [-0.1, -0.05) is 45.1 Å². The Balaban J connectivity index is 1.48. The number of ether oxygens (including phenoxy) is 4. The molecule has 0 spiro atoms. The Hall–Kier alpha value is -2.28. The number of carbonyl (C=O) groups is 2. The van der Waals surface area contributed by atoms with E-state index in [1.54, 1.807) is 26.2 Å². The zero-order valence-corrected chi connectivity index (χ0v) is 31.1. The van der Waals surface area contributed by atoms with Crippen molar-refractivity contribution in [3.8, 4) is 0 Å². The molecule has 12 atom stereocenters. The van der Waals surface area contributed by atoms with Crippen LogP contribution >= 0.6 is 0 Å². The number of esters is 1. The highest BCUT2D eigenvalue weighted by molar-refractivity contribution is 5.71. The van der Waals surface area contributed by atoms with Gasteiger partial charge in [0.15, 0.2) is 6.10 Å². The monoisotopic (exact) mass is 690 g/mol. The fourth-order valence-electron chi connectivity index (χ4n) is 7.74. The molecule has 3 saturated heterocycles. The van der Waals surface area contributed by atoms with Crippen molar-refractivity contribution in [1.29, 1.82) is 0 Å². The standard InChI is InChI=1S/C38H62N2O9/c1-10-30(42)26(6)35-31(47-35)20-37(7,45)16-11-12-24(4)34-25(5)13-14-32(38(8,46-9)17-15-29(41)19-33(43)49-34)48-36(44)40-22-27-18-28(40)21-39(27)23(2)3/h11-14,16,23,25-32,34-35,41-42,45H,10,15,17-22H2,1-9H3/t25?,26?,27-,28-,29?,30?,31?,32?,34?,35?,37?,38?/m1/s1. The number of methoxy groups -OCH3 is 1. The Bertz CT molecular complexity index is 1230. The molecule has 49 heavy (non-hydrogen) atoms. The van der Waals surface area contributed by atoms with Crippen molar-refractivity contribution in [3.63, 3.8) is 0 Å². The smallest absolute Gasteiger partial charge is 0.410 e. The van der Waals surface area contributed by atoms with Crippen molar-refractivity contribution in [2.24, 2.45) is 11.8 Å². The molecule has 278 valence electrons. The van der Waals surface area contributed by atoms with Crippen LogP contribution in [-0.2, 0) is 23.7 Å². The van der Waals surface area contributed by atoms with Crippen molar-refractivity contribution >= 4 is 12.1 Å². The van der Waals surface area contributed by atoms with Gasteiger partial charge >= 0.3 is 12.1 Å². The number of hydrogen-bond acceptors (Lipinski definition) is 10. The zero-order valence-electron chi connectivity index (χ0n) is 31.1. The maximum Gasteiger partial charge on any atom is 0.410 e. The second-order valence-corrected chi connectivity index (χ2v) is 15.7. The molecule has 4 aliphatic rings.